The molecule has 9 aromatic rings. The van der Waals surface area contributed by atoms with Crippen LogP contribution in [0.3, 0.4) is 0 Å². The van der Waals surface area contributed by atoms with Crippen molar-refractivity contribution in [2.75, 3.05) is 9.80 Å². The van der Waals surface area contributed by atoms with Crippen molar-refractivity contribution in [1.29, 1.82) is 0 Å². The van der Waals surface area contributed by atoms with E-state index in [9.17, 15) is 0 Å². The standard InChI is InChI=1S/C54H38N2S/c1-4-15-39(16-5-1)42-27-31-47(32-28-42)55(50-37-45(40-17-6-2-7-18-40)35-46(38-50)41-19-8-3-9-20-41)48-33-29-43(30-34-48)44-21-14-22-49(36-44)56-51-23-10-12-25-53(51)57-54-26-13-11-24-52(54)56/h1-38H. The molecule has 0 atom stereocenters. The zero-order chi connectivity index (χ0) is 38.0. The van der Waals surface area contributed by atoms with E-state index in [0.29, 0.717) is 0 Å². The Labute approximate surface area is 339 Å². The summed E-state index contributed by atoms with van der Waals surface area (Å²) in [6, 6.07) is 83.1. The van der Waals surface area contributed by atoms with E-state index in [0.717, 1.165) is 28.3 Å². The normalized spacial score (nSPS) is 11.8. The predicted octanol–water partition coefficient (Wildman–Crippen LogP) is 15.8. The summed E-state index contributed by atoms with van der Waals surface area (Å²) >= 11 is 1.83. The monoisotopic (exact) mass is 746 g/mol. The van der Waals surface area contributed by atoms with Crippen molar-refractivity contribution in [2.45, 2.75) is 9.79 Å². The first kappa shape index (κ1) is 34.4. The number of fused-ring (bicyclic) bond motifs is 2. The molecule has 57 heavy (non-hydrogen) atoms. The number of hydrogen-bond donors (Lipinski definition) is 0. The Balaban J connectivity index is 1.07. The van der Waals surface area contributed by atoms with Crippen LogP contribution in [0, 0.1) is 0 Å². The molecule has 0 aromatic heterocycles. The molecule has 2 nitrogen and oxygen atoms in total. The van der Waals surface area contributed by atoms with Crippen molar-refractivity contribution in [3.63, 3.8) is 0 Å². The average Bonchev–Trinajstić information content (AvgIpc) is 3.29. The molecule has 0 spiro atoms. The molecule has 0 saturated heterocycles. The minimum absolute atomic E-state index is 1.09. The fourth-order valence-electron chi connectivity index (χ4n) is 7.83. The third-order valence-electron chi connectivity index (χ3n) is 10.6. The summed E-state index contributed by atoms with van der Waals surface area (Å²) in [5, 5.41) is 0. The fourth-order valence-corrected chi connectivity index (χ4v) is 8.88. The molecular weight excluding hydrogens is 709 g/mol. The zero-order valence-electron chi connectivity index (χ0n) is 31.2. The summed E-state index contributed by atoms with van der Waals surface area (Å²) in [4.78, 5) is 7.29. The van der Waals surface area contributed by atoms with Crippen LogP contribution in [0.2, 0.25) is 0 Å². The van der Waals surface area contributed by atoms with E-state index in [1.54, 1.807) is 0 Å². The van der Waals surface area contributed by atoms with Crippen molar-refractivity contribution in [3.05, 3.63) is 231 Å². The Kier molecular flexibility index (Phi) is 9.19. The molecule has 0 unspecified atom stereocenters. The van der Waals surface area contributed by atoms with Crippen LogP contribution in [0.1, 0.15) is 0 Å². The van der Waals surface area contributed by atoms with Gasteiger partial charge in [0, 0.05) is 32.5 Å². The second kappa shape index (κ2) is 15.2. The first-order valence-electron chi connectivity index (χ1n) is 19.3. The Hall–Kier alpha value is -7.07. The highest BCUT2D eigenvalue weighted by molar-refractivity contribution is 7.99. The molecule has 0 bridgehead atoms. The van der Waals surface area contributed by atoms with Crippen molar-refractivity contribution in [3.8, 4) is 44.5 Å². The van der Waals surface area contributed by atoms with Crippen molar-refractivity contribution in [2.24, 2.45) is 0 Å². The summed E-state index contributed by atoms with van der Waals surface area (Å²) in [5.41, 5.74) is 16.3. The highest BCUT2D eigenvalue weighted by Crippen LogP contribution is 2.51. The minimum Gasteiger partial charge on any atom is -0.310 e. The van der Waals surface area contributed by atoms with Crippen LogP contribution in [0.25, 0.3) is 44.5 Å². The van der Waals surface area contributed by atoms with Gasteiger partial charge in [0.2, 0.25) is 0 Å². The molecule has 1 heterocycles. The van der Waals surface area contributed by atoms with Crippen LogP contribution >= 0.6 is 11.8 Å². The summed E-state index contributed by atoms with van der Waals surface area (Å²) in [6.45, 7) is 0. The van der Waals surface area contributed by atoms with Crippen LogP contribution in [0.5, 0.6) is 0 Å². The molecule has 0 saturated carbocycles. The minimum atomic E-state index is 1.09. The quantitative estimate of drug-likeness (QED) is 0.153. The SMILES string of the molecule is c1ccc(-c2ccc(N(c3ccc(-c4cccc(N5c6ccccc6Sc6ccccc65)c4)cc3)c3cc(-c4ccccc4)cc(-c4ccccc4)c3)cc2)cc1. The van der Waals surface area contributed by atoms with Gasteiger partial charge in [0.25, 0.3) is 0 Å². The maximum absolute atomic E-state index is 2.39. The summed E-state index contributed by atoms with van der Waals surface area (Å²) in [5.74, 6) is 0. The van der Waals surface area contributed by atoms with Crippen molar-refractivity contribution in [1.82, 2.24) is 0 Å². The summed E-state index contributed by atoms with van der Waals surface area (Å²) < 4.78 is 0. The Morgan fingerprint density at radius 2 is 0.684 bits per heavy atom. The molecule has 3 heteroatoms. The lowest BCUT2D eigenvalue weighted by molar-refractivity contribution is 1.17. The van der Waals surface area contributed by atoms with E-state index < -0.39 is 0 Å². The molecule has 1 aliphatic heterocycles. The van der Waals surface area contributed by atoms with E-state index >= 15 is 0 Å². The highest BCUT2D eigenvalue weighted by Gasteiger charge is 2.24. The number of nitrogens with zero attached hydrogens (tertiary/aromatic N) is 2. The van der Waals surface area contributed by atoms with E-state index in [1.807, 2.05) is 11.8 Å². The van der Waals surface area contributed by atoms with Crippen molar-refractivity contribution >= 4 is 45.9 Å². The summed E-state index contributed by atoms with van der Waals surface area (Å²) in [6.07, 6.45) is 0. The van der Waals surface area contributed by atoms with Crippen LogP contribution < -0.4 is 9.80 Å². The predicted molar refractivity (Wildman–Crippen MR) is 242 cm³/mol. The van der Waals surface area contributed by atoms with E-state index in [1.165, 1.54) is 60.1 Å². The van der Waals surface area contributed by atoms with E-state index in [4.69, 9.17) is 0 Å². The Morgan fingerprint density at radius 1 is 0.281 bits per heavy atom. The van der Waals surface area contributed by atoms with Gasteiger partial charge in [-0.2, -0.15) is 0 Å². The first-order chi connectivity index (χ1) is 28.2. The van der Waals surface area contributed by atoms with E-state index in [2.05, 4.69) is 240 Å². The zero-order valence-corrected chi connectivity index (χ0v) is 32.1. The van der Waals surface area contributed by atoms with E-state index in [-0.39, 0.29) is 0 Å². The molecule has 0 radical (unpaired) electrons. The molecule has 0 amide bonds. The van der Waals surface area contributed by atoms with Gasteiger partial charge in [-0.25, -0.2) is 0 Å². The van der Waals surface area contributed by atoms with Crippen LogP contribution in [-0.2, 0) is 0 Å². The van der Waals surface area contributed by atoms with Crippen LogP contribution in [0.15, 0.2) is 240 Å². The number of benzene rings is 9. The molecule has 0 fully saturated rings. The van der Waals surface area contributed by atoms with Gasteiger partial charge < -0.3 is 9.80 Å². The number of hydrogen-bond acceptors (Lipinski definition) is 3. The molecule has 10 rings (SSSR count). The lowest BCUT2D eigenvalue weighted by Crippen LogP contribution is -2.14. The number of rotatable bonds is 8. The van der Waals surface area contributed by atoms with Crippen LogP contribution in [0.4, 0.5) is 34.1 Å². The topological polar surface area (TPSA) is 6.48 Å². The Morgan fingerprint density at radius 3 is 1.19 bits per heavy atom. The highest BCUT2D eigenvalue weighted by atomic mass is 32.2. The van der Waals surface area contributed by atoms with Gasteiger partial charge in [-0.05, 0) is 123 Å². The van der Waals surface area contributed by atoms with Gasteiger partial charge in [-0.3, -0.25) is 0 Å². The Bertz CT molecular complexity index is 2700. The summed E-state index contributed by atoms with van der Waals surface area (Å²) in [7, 11) is 0. The second-order valence-electron chi connectivity index (χ2n) is 14.2. The van der Waals surface area contributed by atoms with Gasteiger partial charge in [-0.15, -0.1) is 0 Å². The average molecular weight is 747 g/mol. The van der Waals surface area contributed by atoms with Crippen molar-refractivity contribution < 1.29 is 0 Å². The molecule has 9 aromatic carbocycles. The number of para-hydroxylation sites is 2. The molecular formula is C54H38N2S. The van der Waals surface area contributed by atoms with Gasteiger partial charge in [0.15, 0.2) is 0 Å². The maximum atomic E-state index is 2.39. The maximum Gasteiger partial charge on any atom is 0.0601 e. The smallest absolute Gasteiger partial charge is 0.0601 e. The second-order valence-corrected chi connectivity index (χ2v) is 15.3. The first-order valence-corrected chi connectivity index (χ1v) is 20.1. The lowest BCUT2D eigenvalue weighted by Gasteiger charge is -2.33. The lowest BCUT2D eigenvalue weighted by atomic mass is 9.97. The molecule has 0 aliphatic carbocycles. The van der Waals surface area contributed by atoms with Crippen LogP contribution in [-0.4, -0.2) is 0 Å². The largest absolute Gasteiger partial charge is 0.310 e. The molecule has 1 aliphatic rings. The third kappa shape index (κ3) is 6.90. The van der Waals surface area contributed by atoms with Gasteiger partial charge >= 0.3 is 0 Å². The number of anilines is 6. The molecule has 270 valence electrons. The van der Waals surface area contributed by atoms with Gasteiger partial charge in [0.1, 0.15) is 0 Å². The van der Waals surface area contributed by atoms with Gasteiger partial charge in [-0.1, -0.05) is 163 Å². The fraction of sp³-hybridized carbons (Fsp3) is 0. The van der Waals surface area contributed by atoms with Gasteiger partial charge in [0.05, 0.1) is 11.4 Å². The molecule has 0 N–H and O–H groups in total. The third-order valence-corrected chi connectivity index (χ3v) is 11.7.